The topological polar surface area (TPSA) is 49.9 Å². The van der Waals surface area contributed by atoms with Gasteiger partial charge in [0, 0.05) is 19.5 Å². The number of nitrogens with zero attached hydrogens (tertiary/aromatic N) is 2. The fourth-order valence-corrected chi connectivity index (χ4v) is 4.81. The molecule has 2 atom stereocenters. The van der Waals surface area contributed by atoms with Crippen LogP contribution in [0.25, 0.3) is 11.1 Å². The zero-order chi connectivity index (χ0) is 18.4. The van der Waals surface area contributed by atoms with E-state index in [1.165, 1.54) is 5.56 Å². The molecule has 3 saturated heterocycles. The van der Waals surface area contributed by atoms with Crippen molar-refractivity contribution < 1.29 is 14.3 Å². The average Bonchev–Trinajstić information content (AvgIpc) is 3.34. The van der Waals surface area contributed by atoms with Gasteiger partial charge in [0.05, 0.1) is 25.5 Å². The molecule has 5 nitrogen and oxygen atoms in total. The number of carbonyl (C=O) groups is 2. The smallest absolute Gasteiger partial charge is 0.227 e. The van der Waals surface area contributed by atoms with E-state index in [1.807, 2.05) is 40.1 Å². The minimum atomic E-state index is -0.552. The van der Waals surface area contributed by atoms with E-state index in [9.17, 15) is 9.59 Å². The first kappa shape index (κ1) is 16.5. The summed E-state index contributed by atoms with van der Waals surface area (Å²) in [6, 6.07) is 18.2. The van der Waals surface area contributed by atoms with Crippen molar-refractivity contribution in [1.82, 2.24) is 9.80 Å². The maximum absolute atomic E-state index is 12.9. The van der Waals surface area contributed by atoms with Crippen LogP contribution in [0, 0.1) is 0 Å². The Labute approximate surface area is 158 Å². The second-order valence-electron chi connectivity index (χ2n) is 7.54. The van der Waals surface area contributed by atoms with Crippen LogP contribution in [0.3, 0.4) is 0 Å². The number of ether oxygens (including phenoxy) is 1. The number of amides is 2. The Morgan fingerprint density at radius 1 is 1.04 bits per heavy atom. The number of likely N-dealkylation sites (tertiary alicyclic amines) is 1. The van der Waals surface area contributed by atoms with Gasteiger partial charge in [0.15, 0.2) is 5.72 Å². The van der Waals surface area contributed by atoms with Crippen molar-refractivity contribution in [2.75, 3.05) is 19.7 Å². The summed E-state index contributed by atoms with van der Waals surface area (Å²) >= 11 is 0. The second kappa shape index (κ2) is 6.20. The number of hydrogen-bond acceptors (Lipinski definition) is 3. The Morgan fingerprint density at radius 2 is 1.78 bits per heavy atom. The molecule has 0 unspecified atom stereocenters. The summed E-state index contributed by atoms with van der Waals surface area (Å²) in [5, 5.41) is 0. The van der Waals surface area contributed by atoms with Crippen LogP contribution < -0.4 is 0 Å². The number of hydrogen-bond donors (Lipinski definition) is 0. The lowest BCUT2D eigenvalue weighted by atomic mass is 10.0. The second-order valence-corrected chi connectivity index (χ2v) is 7.54. The molecule has 3 heterocycles. The summed E-state index contributed by atoms with van der Waals surface area (Å²) < 4.78 is 5.97. The van der Waals surface area contributed by atoms with Crippen molar-refractivity contribution >= 4 is 11.8 Å². The zero-order valence-electron chi connectivity index (χ0n) is 15.1. The molecule has 27 heavy (non-hydrogen) atoms. The van der Waals surface area contributed by atoms with E-state index in [2.05, 4.69) is 24.3 Å². The van der Waals surface area contributed by atoms with Crippen molar-refractivity contribution in [2.45, 2.75) is 31.0 Å². The van der Waals surface area contributed by atoms with Gasteiger partial charge in [-0.05, 0) is 16.7 Å². The summed E-state index contributed by atoms with van der Waals surface area (Å²) in [6.45, 7) is 1.89. The SMILES string of the molecule is O=C(Cc1ccc(-c2ccccc2)cc1)N1CC[C@@]23OCCN2C(=O)C[C@@H]13. The van der Waals surface area contributed by atoms with Crippen LogP contribution in [0.5, 0.6) is 0 Å². The molecule has 3 fully saturated rings. The van der Waals surface area contributed by atoms with Crippen molar-refractivity contribution in [3.8, 4) is 11.1 Å². The Kier molecular flexibility index (Phi) is 3.79. The molecule has 2 aromatic rings. The first-order chi connectivity index (χ1) is 13.2. The number of benzene rings is 2. The molecule has 0 N–H and O–H groups in total. The third-order valence-electron chi connectivity index (χ3n) is 6.14. The Morgan fingerprint density at radius 3 is 2.56 bits per heavy atom. The third kappa shape index (κ3) is 2.57. The molecule has 5 heteroatoms. The van der Waals surface area contributed by atoms with Crippen LogP contribution in [-0.2, 0) is 20.7 Å². The van der Waals surface area contributed by atoms with Crippen LogP contribution in [0.1, 0.15) is 18.4 Å². The molecule has 2 aromatic carbocycles. The van der Waals surface area contributed by atoms with E-state index in [4.69, 9.17) is 4.74 Å². The van der Waals surface area contributed by atoms with Gasteiger partial charge in [0.2, 0.25) is 11.8 Å². The molecule has 2 amide bonds. The standard InChI is InChI=1S/C22H22N2O3/c25-20(14-16-6-8-18(9-7-16)17-4-2-1-3-5-17)23-11-10-22-19(23)15-21(26)24(22)12-13-27-22/h1-9,19H,10-15H2/t19-,22+/m1/s1. The number of carbonyl (C=O) groups excluding carboxylic acids is 2. The van der Waals surface area contributed by atoms with E-state index < -0.39 is 5.72 Å². The van der Waals surface area contributed by atoms with Gasteiger partial charge in [-0.3, -0.25) is 9.59 Å². The van der Waals surface area contributed by atoms with Crippen LogP contribution in [0.15, 0.2) is 54.6 Å². The maximum atomic E-state index is 12.9. The normalized spacial score (nSPS) is 26.4. The predicted molar refractivity (Wildman–Crippen MR) is 101 cm³/mol. The van der Waals surface area contributed by atoms with Gasteiger partial charge in [0.25, 0.3) is 0 Å². The Bertz CT molecular complexity index is 880. The lowest BCUT2D eigenvalue weighted by Crippen LogP contribution is -2.49. The van der Waals surface area contributed by atoms with Gasteiger partial charge in [-0.15, -0.1) is 0 Å². The lowest BCUT2D eigenvalue weighted by molar-refractivity contribution is -0.139. The highest BCUT2D eigenvalue weighted by Crippen LogP contribution is 2.45. The largest absolute Gasteiger partial charge is 0.351 e. The number of rotatable bonds is 3. The molecule has 1 spiro atoms. The van der Waals surface area contributed by atoms with E-state index in [1.54, 1.807) is 0 Å². The molecule has 3 aliphatic heterocycles. The van der Waals surface area contributed by atoms with E-state index >= 15 is 0 Å². The summed E-state index contributed by atoms with van der Waals surface area (Å²) in [7, 11) is 0. The first-order valence-electron chi connectivity index (χ1n) is 9.56. The summed E-state index contributed by atoms with van der Waals surface area (Å²) in [5.41, 5.74) is 2.75. The highest BCUT2D eigenvalue weighted by molar-refractivity contribution is 5.85. The van der Waals surface area contributed by atoms with Crippen molar-refractivity contribution in [3.05, 3.63) is 60.2 Å². The van der Waals surface area contributed by atoms with Gasteiger partial charge >= 0.3 is 0 Å². The van der Waals surface area contributed by atoms with Gasteiger partial charge in [0.1, 0.15) is 0 Å². The minimum Gasteiger partial charge on any atom is -0.351 e. The maximum Gasteiger partial charge on any atom is 0.227 e. The van der Waals surface area contributed by atoms with Gasteiger partial charge in [-0.25, -0.2) is 0 Å². The molecule has 0 aromatic heterocycles. The molecular formula is C22H22N2O3. The predicted octanol–water partition coefficient (Wildman–Crippen LogP) is 2.46. The molecule has 0 saturated carbocycles. The van der Waals surface area contributed by atoms with Crippen molar-refractivity contribution in [1.29, 1.82) is 0 Å². The zero-order valence-corrected chi connectivity index (χ0v) is 15.1. The molecule has 0 radical (unpaired) electrons. The van der Waals surface area contributed by atoms with Crippen LogP contribution in [0.2, 0.25) is 0 Å². The Balaban J connectivity index is 1.31. The highest BCUT2D eigenvalue weighted by atomic mass is 16.5. The molecule has 3 aliphatic rings. The minimum absolute atomic E-state index is 0.0782. The summed E-state index contributed by atoms with van der Waals surface area (Å²) in [4.78, 5) is 28.9. The molecule has 5 rings (SSSR count). The average molecular weight is 362 g/mol. The van der Waals surface area contributed by atoms with Gasteiger partial charge in [-0.2, -0.15) is 0 Å². The first-order valence-corrected chi connectivity index (χ1v) is 9.56. The van der Waals surface area contributed by atoms with Crippen LogP contribution in [0.4, 0.5) is 0 Å². The van der Waals surface area contributed by atoms with E-state index in [-0.39, 0.29) is 17.9 Å². The summed E-state index contributed by atoms with van der Waals surface area (Å²) in [6.07, 6.45) is 1.47. The van der Waals surface area contributed by atoms with Gasteiger partial charge in [-0.1, -0.05) is 54.6 Å². The fraction of sp³-hybridized carbons (Fsp3) is 0.364. The quantitative estimate of drug-likeness (QED) is 0.843. The van der Waals surface area contributed by atoms with E-state index in [0.29, 0.717) is 32.5 Å². The monoisotopic (exact) mass is 362 g/mol. The van der Waals surface area contributed by atoms with Crippen molar-refractivity contribution in [3.63, 3.8) is 0 Å². The van der Waals surface area contributed by atoms with Crippen LogP contribution >= 0.6 is 0 Å². The third-order valence-corrected chi connectivity index (χ3v) is 6.14. The van der Waals surface area contributed by atoms with Crippen LogP contribution in [-0.4, -0.2) is 53.1 Å². The Hall–Kier alpha value is -2.66. The van der Waals surface area contributed by atoms with Crippen molar-refractivity contribution in [2.24, 2.45) is 0 Å². The molecule has 0 bridgehead atoms. The van der Waals surface area contributed by atoms with E-state index in [0.717, 1.165) is 17.5 Å². The summed E-state index contributed by atoms with van der Waals surface area (Å²) in [5.74, 6) is 0.191. The lowest BCUT2D eigenvalue weighted by Gasteiger charge is -2.31. The molecule has 138 valence electrons. The highest BCUT2D eigenvalue weighted by Gasteiger charge is 2.62. The fourth-order valence-electron chi connectivity index (χ4n) is 4.81. The molecule has 0 aliphatic carbocycles. The van der Waals surface area contributed by atoms with Gasteiger partial charge < -0.3 is 14.5 Å². The molecular weight excluding hydrogens is 340 g/mol.